The normalized spacial score (nSPS) is 9.88. The van der Waals surface area contributed by atoms with Crippen molar-refractivity contribution in [3.8, 4) is 11.8 Å². The molecule has 1 heterocycles. The van der Waals surface area contributed by atoms with Crippen molar-refractivity contribution in [2.75, 3.05) is 23.8 Å². The molecular formula is C18H16N6O. The fourth-order valence-electron chi connectivity index (χ4n) is 2.06. The van der Waals surface area contributed by atoms with Crippen molar-refractivity contribution < 1.29 is 4.74 Å². The molecule has 7 heteroatoms. The molecule has 25 heavy (non-hydrogen) atoms. The lowest BCUT2D eigenvalue weighted by Gasteiger charge is -2.09. The lowest BCUT2D eigenvalue weighted by molar-refractivity contribution is 0.332. The molecule has 0 spiro atoms. The number of anilines is 3. The van der Waals surface area contributed by atoms with E-state index in [9.17, 15) is 0 Å². The first kappa shape index (κ1) is 16.2. The molecule has 0 aliphatic heterocycles. The molecule has 3 aromatic rings. The number of nitrogens with zero attached hydrogens (tertiary/aromatic N) is 4. The maximum absolute atomic E-state index is 9.09. The fourth-order valence-corrected chi connectivity index (χ4v) is 2.06. The maximum Gasteiger partial charge on any atom is 0.238 e. The van der Waals surface area contributed by atoms with Crippen molar-refractivity contribution >= 4 is 17.6 Å². The molecule has 2 aromatic carbocycles. The van der Waals surface area contributed by atoms with Crippen LogP contribution in [0, 0.1) is 11.3 Å². The zero-order valence-corrected chi connectivity index (χ0v) is 13.4. The largest absolute Gasteiger partial charge is 0.492 e. The summed E-state index contributed by atoms with van der Waals surface area (Å²) in [7, 11) is 0. The molecule has 0 unspecified atom stereocenters. The van der Waals surface area contributed by atoms with E-state index in [0.717, 1.165) is 11.4 Å². The number of rotatable bonds is 7. The molecule has 0 fully saturated rings. The van der Waals surface area contributed by atoms with E-state index >= 15 is 0 Å². The Labute approximate surface area is 145 Å². The standard InChI is InChI=1S/C18H16N6O/c19-13-16-22-17(20-11-12-25-15-9-5-2-6-10-15)24-18(23-16)21-14-7-3-1-4-8-14/h1-10H,11-12H2,(H2,20,21,22,23,24). The minimum absolute atomic E-state index is 0.0416. The third-order valence-electron chi connectivity index (χ3n) is 3.16. The van der Waals surface area contributed by atoms with Gasteiger partial charge in [-0.25, -0.2) is 0 Å². The van der Waals surface area contributed by atoms with Crippen molar-refractivity contribution in [3.63, 3.8) is 0 Å². The molecule has 3 rings (SSSR count). The minimum Gasteiger partial charge on any atom is -0.492 e. The monoisotopic (exact) mass is 332 g/mol. The molecule has 0 aliphatic rings. The lowest BCUT2D eigenvalue weighted by atomic mass is 10.3. The second kappa shape index (κ2) is 8.26. The second-order valence-corrected chi connectivity index (χ2v) is 5.00. The van der Waals surface area contributed by atoms with Crippen LogP contribution in [-0.4, -0.2) is 28.1 Å². The van der Waals surface area contributed by atoms with Crippen molar-refractivity contribution in [2.24, 2.45) is 0 Å². The van der Waals surface area contributed by atoms with Gasteiger partial charge in [0, 0.05) is 5.69 Å². The van der Waals surface area contributed by atoms with Gasteiger partial charge in [-0.05, 0) is 24.3 Å². The molecule has 124 valence electrons. The number of benzene rings is 2. The molecule has 0 radical (unpaired) electrons. The first-order valence-electron chi connectivity index (χ1n) is 7.73. The summed E-state index contributed by atoms with van der Waals surface area (Å²) >= 11 is 0. The third-order valence-corrected chi connectivity index (χ3v) is 3.16. The summed E-state index contributed by atoms with van der Waals surface area (Å²) in [6, 6.07) is 20.9. The van der Waals surface area contributed by atoms with Crippen molar-refractivity contribution in [3.05, 3.63) is 66.5 Å². The quantitative estimate of drug-likeness (QED) is 0.642. The van der Waals surface area contributed by atoms with E-state index in [0.29, 0.717) is 25.0 Å². The molecule has 0 saturated carbocycles. The average molecular weight is 332 g/mol. The molecule has 0 saturated heterocycles. The number of ether oxygens (including phenoxy) is 1. The Bertz CT molecular complexity index is 848. The van der Waals surface area contributed by atoms with Crippen LogP contribution in [0.1, 0.15) is 5.82 Å². The van der Waals surface area contributed by atoms with Gasteiger partial charge in [0.15, 0.2) is 0 Å². The van der Waals surface area contributed by atoms with Crippen LogP contribution >= 0.6 is 0 Å². The summed E-state index contributed by atoms with van der Waals surface area (Å²) < 4.78 is 5.60. The van der Waals surface area contributed by atoms with Gasteiger partial charge in [-0.3, -0.25) is 0 Å². The lowest BCUT2D eigenvalue weighted by Crippen LogP contribution is -2.15. The third kappa shape index (κ3) is 4.91. The maximum atomic E-state index is 9.09. The number of aromatic nitrogens is 3. The highest BCUT2D eigenvalue weighted by Crippen LogP contribution is 2.13. The van der Waals surface area contributed by atoms with Crippen molar-refractivity contribution in [1.82, 2.24) is 15.0 Å². The molecule has 0 amide bonds. The molecule has 1 aromatic heterocycles. The van der Waals surface area contributed by atoms with Crippen molar-refractivity contribution in [1.29, 1.82) is 5.26 Å². The molecule has 2 N–H and O–H groups in total. The molecule has 0 aliphatic carbocycles. The van der Waals surface area contributed by atoms with Crippen molar-refractivity contribution in [2.45, 2.75) is 0 Å². The van der Waals surface area contributed by atoms with Crippen LogP contribution in [0.5, 0.6) is 5.75 Å². The zero-order valence-electron chi connectivity index (χ0n) is 13.4. The van der Waals surface area contributed by atoms with E-state index in [1.807, 2.05) is 66.7 Å². The number of hydrogen-bond donors (Lipinski definition) is 2. The SMILES string of the molecule is N#Cc1nc(NCCOc2ccccc2)nc(Nc2ccccc2)n1. The number of nitriles is 1. The van der Waals surface area contributed by atoms with Gasteiger partial charge >= 0.3 is 0 Å². The van der Waals surface area contributed by atoms with Gasteiger partial charge in [0.1, 0.15) is 18.4 Å². The van der Waals surface area contributed by atoms with E-state index in [1.54, 1.807) is 0 Å². The van der Waals surface area contributed by atoms with Gasteiger partial charge in [-0.1, -0.05) is 36.4 Å². The number of nitrogens with one attached hydrogen (secondary N) is 2. The first-order chi connectivity index (χ1) is 12.3. The van der Waals surface area contributed by atoms with E-state index < -0.39 is 0 Å². The molecular weight excluding hydrogens is 316 g/mol. The first-order valence-corrected chi connectivity index (χ1v) is 7.73. The Balaban J connectivity index is 1.61. The average Bonchev–Trinajstić information content (AvgIpc) is 2.67. The van der Waals surface area contributed by atoms with E-state index in [4.69, 9.17) is 10.00 Å². The van der Waals surface area contributed by atoms with Crippen LogP contribution in [0.15, 0.2) is 60.7 Å². The van der Waals surface area contributed by atoms with E-state index in [-0.39, 0.29) is 5.82 Å². The Morgan fingerprint density at radius 1 is 0.880 bits per heavy atom. The second-order valence-electron chi connectivity index (χ2n) is 5.00. The van der Waals surface area contributed by atoms with Crippen LogP contribution < -0.4 is 15.4 Å². The summed E-state index contributed by atoms with van der Waals surface area (Å²) in [6.07, 6.45) is 0. The summed E-state index contributed by atoms with van der Waals surface area (Å²) in [6.45, 7) is 0.938. The Hall–Kier alpha value is -3.66. The van der Waals surface area contributed by atoms with Crippen LogP contribution in [-0.2, 0) is 0 Å². The van der Waals surface area contributed by atoms with Crippen LogP contribution in [0.2, 0.25) is 0 Å². The van der Waals surface area contributed by atoms with E-state index in [2.05, 4.69) is 25.6 Å². The highest BCUT2D eigenvalue weighted by Gasteiger charge is 2.06. The van der Waals surface area contributed by atoms with Gasteiger partial charge in [-0.2, -0.15) is 20.2 Å². The van der Waals surface area contributed by atoms with Gasteiger partial charge in [0.25, 0.3) is 0 Å². The Kier molecular flexibility index (Phi) is 5.36. The van der Waals surface area contributed by atoms with Crippen LogP contribution in [0.25, 0.3) is 0 Å². The topological polar surface area (TPSA) is 95.8 Å². The number of para-hydroxylation sites is 2. The fraction of sp³-hybridized carbons (Fsp3) is 0.111. The summed E-state index contributed by atoms with van der Waals surface area (Å²) in [5, 5.41) is 15.2. The summed E-state index contributed by atoms with van der Waals surface area (Å²) in [4.78, 5) is 12.4. The van der Waals surface area contributed by atoms with Crippen LogP contribution in [0.3, 0.4) is 0 Å². The minimum atomic E-state index is 0.0416. The summed E-state index contributed by atoms with van der Waals surface area (Å²) in [5.41, 5.74) is 0.830. The smallest absolute Gasteiger partial charge is 0.238 e. The molecule has 0 bridgehead atoms. The van der Waals surface area contributed by atoms with Crippen LogP contribution in [0.4, 0.5) is 17.6 Å². The predicted molar refractivity (Wildman–Crippen MR) is 94.7 cm³/mol. The Morgan fingerprint density at radius 3 is 2.28 bits per heavy atom. The zero-order chi connectivity index (χ0) is 17.3. The summed E-state index contributed by atoms with van der Waals surface area (Å²) in [5.74, 6) is 1.47. The molecule has 7 nitrogen and oxygen atoms in total. The predicted octanol–water partition coefficient (Wildman–Crippen LogP) is 2.98. The molecule has 0 atom stereocenters. The number of hydrogen-bond acceptors (Lipinski definition) is 7. The highest BCUT2D eigenvalue weighted by molar-refractivity contribution is 5.54. The Morgan fingerprint density at radius 2 is 1.56 bits per heavy atom. The van der Waals surface area contributed by atoms with Gasteiger partial charge in [0.2, 0.25) is 17.7 Å². The van der Waals surface area contributed by atoms with E-state index in [1.165, 1.54) is 0 Å². The highest BCUT2D eigenvalue weighted by atomic mass is 16.5. The van der Waals surface area contributed by atoms with Gasteiger partial charge in [-0.15, -0.1) is 0 Å². The van der Waals surface area contributed by atoms with Gasteiger partial charge < -0.3 is 15.4 Å². The van der Waals surface area contributed by atoms with Gasteiger partial charge in [0.05, 0.1) is 6.54 Å².